The molecule has 2 heteroatoms. The molecule has 2 nitrogen and oxygen atoms in total. The third kappa shape index (κ3) is 4.01. The summed E-state index contributed by atoms with van der Waals surface area (Å²) in [6, 6.07) is 16.8. The Morgan fingerprint density at radius 2 is 1.78 bits per heavy atom. The number of hydrogen-bond donors (Lipinski definition) is 1. The number of rotatable bonds is 5. The van der Waals surface area contributed by atoms with Gasteiger partial charge in [0.25, 0.3) is 0 Å². The SMILES string of the molecule is CC[C@H](NC(=O)Cc1ccccc1)c1ccc2c(c1)CCCC2. The van der Waals surface area contributed by atoms with Gasteiger partial charge in [-0.2, -0.15) is 0 Å². The van der Waals surface area contributed by atoms with Gasteiger partial charge in [-0.1, -0.05) is 55.5 Å². The summed E-state index contributed by atoms with van der Waals surface area (Å²) in [6.45, 7) is 2.13. The summed E-state index contributed by atoms with van der Waals surface area (Å²) in [5, 5.41) is 3.20. The average molecular weight is 307 g/mol. The standard InChI is InChI=1S/C21H25NO/c1-2-20(22-21(23)14-16-8-4-3-5-9-16)19-13-12-17-10-6-7-11-18(17)15-19/h3-5,8-9,12-13,15,20H,2,6-7,10-11,14H2,1H3,(H,22,23)/t20-/m0/s1. The van der Waals surface area contributed by atoms with Crippen LogP contribution in [0, 0.1) is 0 Å². The fourth-order valence-corrected chi connectivity index (χ4v) is 3.42. The second-order valence-corrected chi connectivity index (χ2v) is 6.43. The van der Waals surface area contributed by atoms with E-state index in [1.807, 2.05) is 30.3 Å². The van der Waals surface area contributed by atoms with E-state index in [0.29, 0.717) is 6.42 Å². The van der Waals surface area contributed by atoms with Crippen LogP contribution in [-0.2, 0) is 24.1 Å². The van der Waals surface area contributed by atoms with E-state index in [0.717, 1.165) is 12.0 Å². The van der Waals surface area contributed by atoms with Crippen LogP contribution in [0.4, 0.5) is 0 Å². The molecule has 0 radical (unpaired) electrons. The first-order chi connectivity index (χ1) is 11.3. The van der Waals surface area contributed by atoms with Gasteiger partial charge < -0.3 is 5.32 Å². The number of carbonyl (C=O) groups is 1. The van der Waals surface area contributed by atoms with Crippen molar-refractivity contribution in [2.45, 2.75) is 51.5 Å². The molecule has 0 unspecified atom stereocenters. The maximum atomic E-state index is 12.3. The smallest absolute Gasteiger partial charge is 0.224 e. The minimum absolute atomic E-state index is 0.0979. The first kappa shape index (κ1) is 15.8. The van der Waals surface area contributed by atoms with Crippen molar-refractivity contribution < 1.29 is 4.79 Å². The summed E-state index contributed by atoms with van der Waals surface area (Å²) in [5.41, 5.74) is 5.27. The molecule has 3 rings (SSSR count). The Morgan fingerprint density at radius 3 is 2.52 bits per heavy atom. The third-order valence-electron chi connectivity index (χ3n) is 4.73. The molecule has 0 saturated carbocycles. The number of benzene rings is 2. The van der Waals surface area contributed by atoms with Crippen LogP contribution in [0.25, 0.3) is 0 Å². The minimum Gasteiger partial charge on any atom is -0.349 e. The quantitative estimate of drug-likeness (QED) is 0.873. The van der Waals surface area contributed by atoms with E-state index in [-0.39, 0.29) is 11.9 Å². The Hall–Kier alpha value is -2.09. The highest BCUT2D eigenvalue weighted by Gasteiger charge is 2.16. The van der Waals surface area contributed by atoms with Crippen molar-refractivity contribution in [3.63, 3.8) is 0 Å². The predicted octanol–water partition coefficient (Wildman–Crippen LogP) is 4.38. The van der Waals surface area contributed by atoms with Gasteiger partial charge in [-0.25, -0.2) is 0 Å². The molecule has 0 spiro atoms. The van der Waals surface area contributed by atoms with E-state index in [2.05, 4.69) is 30.4 Å². The first-order valence-corrected chi connectivity index (χ1v) is 8.71. The topological polar surface area (TPSA) is 29.1 Å². The van der Waals surface area contributed by atoms with Crippen LogP contribution in [0.5, 0.6) is 0 Å². The predicted molar refractivity (Wildman–Crippen MR) is 94.4 cm³/mol. The summed E-state index contributed by atoms with van der Waals surface area (Å²) in [7, 11) is 0. The van der Waals surface area contributed by atoms with Crippen molar-refractivity contribution in [2.75, 3.05) is 0 Å². The van der Waals surface area contributed by atoms with E-state index in [1.54, 1.807) is 0 Å². The number of aryl methyl sites for hydroxylation is 2. The summed E-state index contributed by atoms with van der Waals surface area (Å²) >= 11 is 0. The second kappa shape index (κ2) is 7.45. The molecule has 0 heterocycles. The molecular formula is C21H25NO. The normalized spacial score (nSPS) is 14.8. The molecule has 1 atom stereocenters. The number of amides is 1. The molecule has 1 aliphatic carbocycles. The van der Waals surface area contributed by atoms with E-state index in [4.69, 9.17) is 0 Å². The second-order valence-electron chi connectivity index (χ2n) is 6.43. The van der Waals surface area contributed by atoms with Crippen molar-refractivity contribution >= 4 is 5.91 Å². The minimum atomic E-state index is 0.0979. The number of hydrogen-bond acceptors (Lipinski definition) is 1. The fraction of sp³-hybridized carbons (Fsp3) is 0.381. The molecule has 23 heavy (non-hydrogen) atoms. The van der Waals surface area contributed by atoms with Crippen LogP contribution < -0.4 is 5.32 Å². The molecule has 1 amide bonds. The zero-order valence-corrected chi connectivity index (χ0v) is 13.8. The molecule has 0 bridgehead atoms. The highest BCUT2D eigenvalue weighted by molar-refractivity contribution is 5.79. The Labute approximate surface area is 138 Å². The summed E-state index contributed by atoms with van der Waals surface area (Å²) < 4.78 is 0. The molecule has 1 N–H and O–H groups in total. The van der Waals surface area contributed by atoms with Crippen LogP contribution in [0.3, 0.4) is 0 Å². The van der Waals surface area contributed by atoms with Crippen LogP contribution in [0.15, 0.2) is 48.5 Å². The average Bonchev–Trinajstić information content (AvgIpc) is 2.60. The van der Waals surface area contributed by atoms with Gasteiger partial charge in [-0.3, -0.25) is 4.79 Å². The summed E-state index contributed by atoms with van der Waals surface area (Å²) in [5.74, 6) is 0.0979. The zero-order valence-electron chi connectivity index (χ0n) is 13.8. The first-order valence-electron chi connectivity index (χ1n) is 8.71. The van der Waals surface area contributed by atoms with Crippen LogP contribution in [0.2, 0.25) is 0 Å². The van der Waals surface area contributed by atoms with Crippen molar-refractivity contribution in [3.8, 4) is 0 Å². The van der Waals surface area contributed by atoms with Gasteiger partial charge in [0.05, 0.1) is 12.5 Å². The molecular weight excluding hydrogens is 282 g/mol. The lowest BCUT2D eigenvalue weighted by molar-refractivity contribution is -0.121. The highest BCUT2D eigenvalue weighted by atomic mass is 16.1. The summed E-state index contributed by atoms with van der Waals surface area (Å²) in [6.07, 6.45) is 6.33. The number of fused-ring (bicyclic) bond motifs is 1. The Balaban J connectivity index is 1.68. The van der Waals surface area contributed by atoms with Gasteiger partial charge in [0.2, 0.25) is 5.91 Å². The molecule has 0 aromatic heterocycles. The fourth-order valence-electron chi connectivity index (χ4n) is 3.42. The van der Waals surface area contributed by atoms with E-state index < -0.39 is 0 Å². The van der Waals surface area contributed by atoms with Crippen molar-refractivity contribution in [3.05, 3.63) is 70.8 Å². The molecule has 0 fully saturated rings. The van der Waals surface area contributed by atoms with Crippen LogP contribution in [0.1, 0.15) is 54.5 Å². The van der Waals surface area contributed by atoms with E-state index in [1.165, 1.54) is 42.4 Å². The third-order valence-corrected chi connectivity index (χ3v) is 4.73. The van der Waals surface area contributed by atoms with E-state index >= 15 is 0 Å². The van der Waals surface area contributed by atoms with Crippen molar-refractivity contribution in [2.24, 2.45) is 0 Å². The molecule has 120 valence electrons. The maximum Gasteiger partial charge on any atom is 0.224 e. The number of nitrogens with one attached hydrogen (secondary N) is 1. The van der Waals surface area contributed by atoms with Gasteiger partial charge in [0, 0.05) is 0 Å². The lowest BCUT2D eigenvalue weighted by Crippen LogP contribution is -2.29. The monoisotopic (exact) mass is 307 g/mol. The Bertz CT molecular complexity index is 663. The van der Waals surface area contributed by atoms with Crippen LogP contribution in [-0.4, -0.2) is 5.91 Å². The maximum absolute atomic E-state index is 12.3. The van der Waals surface area contributed by atoms with Gasteiger partial charge in [0.15, 0.2) is 0 Å². The van der Waals surface area contributed by atoms with Gasteiger partial charge >= 0.3 is 0 Å². The summed E-state index contributed by atoms with van der Waals surface area (Å²) in [4.78, 5) is 12.3. The van der Waals surface area contributed by atoms with Crippen LogP contribution >= 0.6 is 0 Å². The Morgan fingerprint density at radius 1 is 1.04 bits per heavy atom. The zero-order chi connectivity index (χ0) is 16.1. The van der Waals surface area contributed by atoms with Gasteiger partial charge in [-0.05, 0) is 54.4 Å². The number of carbonyl (C=O) groups excluding carboxylic acids is 1. The molecule has 0 saturated heterocycles. The highest BCUT2D eigenvalue weighted by Crippen LogP contribution is 2.26. The van der Waals surface area contributed by atoms with Crippen molar-refractivity contribution in [1.82, 2.24) is 5.32 Å². The molecule has 2 aromatic rings. The van der Waals surface area contributed by atoms with Gasteiger partial charge in [0.1, 0.15) is 0 Å². The molecule has 2 aromatic carbocycles. The van der Waals surface area contributed by atoms with E-state index in [9.17, 15) is 4.79 Å². The van der Waals surface area contributed by atoms with Gasteiger partial charge in [-0.15, -0.1) is 0 Å². The lowest BCUT2D eigenvalue weighted by atomic mass is 9.88. The molecule has 0 aliphatic heterocycles. The lowest BCUT2D eigenvalue weighted by Gasteiger charge is -2.21. The van der Waals surface area contributed by atoms with Crippen molar-refractivity contribution in [1.29, 1.82) is 0 Å². The molecule has 1 aliphatic rings. The largest absolute Gasteiger partial charge is 0.349 e. The Kier molecular flexibility index (Phi) is 5.12.